The van der Waals surface area contributed by atoms with Gasteiger partial charge in [-0.05, 0) is 12.5 Å². The van der Waals surface area contributed by atoms with Crippen molar-refractivity contribution in [1.82, 2.24) is 9.78 Å². The lowest BCUT2D eigenvalue weighted by Gasteiger charge is -2.08. The Hall–Kier alpha value is -0.720. The Kier molecular flexibility index (Phi) is 3.58. The highest BCUT2D eigenvalue weighted by Gasteiger charge is 2.15. The second kappa shape index (κ2) is 4.50. The molecule has 0 bridgehead atoms. The molecule has 0 aliphatic heterocycles. The summed E-state index contributed by atoms with van der Waals surface area (Å²) in [6, 6.07) is 1.76. The lowest BCUT2D eigenvalue weighted by molar-refractivity contribution is 0.198. The van der Waals surface area contributed by atoms with Gasteiger partial charge in [0, 0.05) is 13.2 Å². The van der Waals surface area contributed by atoms with Gasteiger partial charge in [-0.3, -0.25) is 13.4 Å². The first-order valence-corrected chi connectivity index (χ1v) is 4.94. The summed E-state index contributed by atoms with van der Waals surface area (Å²) in [7, 11) is 1.78. The van der Waals surface area contributed by atoms with E-state index in [9.17, 15) is 4.21 Å². The van der Waals surface area contributed by atoms with Gasteiger partial charge < -0.3 is 0 Å². The van der Waals surface area contributed by atoms with Crippen LogP contribution in [0.4, 0.5) is 0 Å². The van der Waals surface area contributed by atoms with Crippen LogP contribution in [-0.2, 0) is 22.6 Å². The highest BCUT2D eigenvalue weighted by atomic mass is 32.2. The number of aryl methyl sites for hydroxylation is 1. The standard InChI is InChI=1S/C7H12N2O3S/c1-3-7(12-13(10)11)6-4-5-9(2)8-6/h4-5,7H,3H2,1-2H3,(H,10,11). The lowest BCUT2D eigenvalue weighted by atomic mass is 10.2. The van der Waals surface area contributed by atoms with Crippen molar-refractivity contribution in [2.45, 2.75) is 19.4 Å². The maximum atomic E-state index is 10.4. The topological polar surface area (TPSA) is 64.3 Å². The van der Waals surface area contributed by atoms with Gasteiger partial charge >= 0.3 is 11.4 Å². The smallest absolute Gasteiger partial charge is 0.284 e. The molecule has 5 nitrogen and oxygen atoms in total. The number of hydrogen-bond acceptors (Lipinski definition) is 3. The molecule has 0 amide bonds. The first kappa shape index (κ1) is 10.4. The van der Waals surface area contributed by atoms with E-state index >= 15 is 0 Å². The molecule has 74 valence electrons. The van der Waals surface area contributed by atoms with Crippen LogP contribution in [0.2, 0.25) is 0 Å². The Morgan fingerprint density at radius 3 is 2.92 bits per heavy atom. The van der Waals surface area contributed by atoms with Gasteiger partial charge in [0.15, 0.2) is 0 Å². The monoisotopic (exact) mass is 204 g/mol. The largest absolute Gasteiger partial charge is 0.302 e. The molecule has 6 heteroatoms. The molecule has 1 rings (SSSR count). The number of rotatable bonds is 4. The van der Waals surface area contributed by atoms with Gasteiger partial charge in [0.2, 0.25) is 0 Å². The fourth-order valence-corrected chi connectivity index (χ4v) is 1.46. The van der Waals surface area contributed by atoms with Crippen LogP contribution in [-0.4, -0.2) is 18.5 Å². The van der Waals surface area contributed by atoms with Gasteiger partial charge in [-0.15, -0.1) is 0 Å². The van der Waals surface area contributed by atoms with Gasteiger partial charge in [-0.2, -0.15) is 9.31 Å². The van der Waals surface area contributed by atoms with E-state index in [2.05, 4.69) is 5.10 Å². The summed E-state index contributed by atoms with van der Waals surface area (Å²) in [5.74, 6) is 0. The molecule has 0 aromatic carbocycles. The molecule has 2 atom stereocenters. The van der Waals surface area contributed by atoms with Gasteiger partial charge in [0.1, 0.15) is 6.10 Å². The first-order chi connectivity index (χ1) is 6.13. The highest BCUT2D eigenvalue weighted by Crippen LogP contribution is 2.19. The van der Waals surface area contributed by atoms with E-state index in [0.29, 0.717) is 12.1 Å². The summed E-state index contributed by atoms with van der Waals surface area (Å²) < 4.78 is 25.3. The van der Waals surface area contributed by atoms with E-state index < -0.39 is 17.5 Å². The minimum atomic E-state index is -2.24. The summed E-state index contributed by atoms with van der Waals surface area (Å²) in [5.41, 5.74) is 0.674. The van der Waals surface area contributed by atoms with E-state index in [4.69, 9.17) is 8.74 Å². The molecule has 0 spiro atoms. The zero-order valence-electron chi connectivity index (χ0n) is 7.51. The predicted octanol–water partition coefficient (Wildman–Crippen LogP) is 1.02. The van der Waals surface area contributed by atoms with Crippen LogP contribution in [0.5, 0.6) is 0 Å². The lowest BCUT2D eigenvalue weighted by Crippen LogP contribution is -2.06. The van der Waals surface area contributed by atoms with Gasteiger partial charge in [-0.1, -0.05) is 6.92 Å². The van der Waals surface area contributed by atoms with Crippen molar-refractivity contribution in [2.75, 3.05) is 0 Å². The van der Waals surface area contributed by atoms with E-state index in [1.165, 1.54) is 0 Å². The Morgan fingerprint density at radius 2 is 2.54 bits per heavy atom. The zero-order valence-corrected chi connectivity index (χ0v) is 8.32. The minimum absolute atomic E-state index is 0.410. The van der Waals surface area contributed by atoms with Crippen LogP contribution in [0.1, 0.15) is 25.1 Å². The van der Waals surface area contributed by atoms with Crippen molar-refractivity contribution in [3.63, 3.8) is 0 Å². The molecule has 0 saturated carbocycles. The fraction of sp³-hybridized carbons (Fsp3) is 0.571. The average Bonchev–Trinajstić information content (AvgIpc) is 2.47. The number of nitrogens with zero attached hydrogens (tertiary/aromatic N) is 2. The van der Waals surface area contributed by atoms with E-state index in [-0.39, 0.29) is 0 Å². The van der Waals surface area contributed by atoms with E-state index in [0.717, 1.165) is 0 Å². The Morgan fingerprint density at radius 1 is 1.85 bits per heavy atom. The Labute approximate surface area is 79.2 Å². The first-order valence-electron chi connectivity index (χ1n) is 3.91. The van der Waals surface area contributed by atoms with Crippen molar-refractivity contribution in [2.24, 2.45) is 7.05 Å². The zero-order chi connectivity index (χ0) is 9.84. The summed E-state index contributed by atoms with van der Waals surface area (Å²) in [4.78, 5) is 0. The van der Waals surface area contributed by atoms with Crippen molar-refractivity contribution in [1.29, 1.82) is 0 Å². The molecular formula is C7H12N2O3S. The van der Waals surface area contributed by atoms with E-state index in [1.54, 1.807) is 24.0 Å². The highest BCUT2D eigenvalue weighted by molar-refractivity contribution is 7.74. The molecule has 0 aliphatic rings. The van der Waals surface area contributed by atoms with Crippen LogP contribution in [0, 0.1) is 0 Å². The van der Waals surface area contributed by atoms with Crippen LogP contribution in [0.15, 0.2) is 12.3 Å². The van der Waals surface area contributed by atoms with Crippen LogP contribution in [0.25, 0.3) is 0 Å². The SMILES string of the molecule is CCC(OS(=O)O)c1ccn(C)n1. The van der Waals surface area contributed by atoms with Crippen LogP contribution in [0.3, 0.4) is 0 Å². The third-order valence-electron chi connectivity index (χ3n) is 1.63. The molecule has 1 aromatic heterocycles. The minimum Gasteiger partial charge on any atom is -0.284 e. The predicted molar refractivity (Wildman–Crippen MR) is 48.1 cm³/mol. The molecule has 13 heavy (non-hydrogen) atoms. The van der Waals surface area contributed by atoms with Crippen LogP contribution < -0.4 is 0 Å². The quantitative estimate of drug-likeness (QED) is 0.744. The summed E-state index contributed by atoms with van der Waals surface area (Å²) >= 11 is -2.24. The third kappa shape index (κ3) is 2.91. The molecule has 0 fully saturated rings. The molecule has 1 N–H and O–H groups in total. The maximum Gasteiger partial charge on any atom is 0.302 e. The second-order valence-corrected chi connectivity index (χ2v) is 3.25. The molecule has 0 radical (unpaired) electrons. The molecule has 0 aliphatic carbocycles. The molecule has 1 aromatic rings. The van der Waals surface area contributed by atoms with Gasteiger partial charge in [0.05, 0.1) is 5.69 Å². The van der Waals surface area contributed by atoms with Gasteiger partial charge in [-0.25, -0.2) is 0 Å². The molecular weight excluding hydrogens is 192 g/mol. The normalized spacial score (nSPS) is 15.6. The Balaban J connectivity index is 2.72. The van der Waals surface area contributed by atoms with E-state index in [1.807, 2.05) is 6.92 Å². The average molecular weight is 204 g/mol. The summed E-state index contributed by atoms with van der Waals surface area (Å²) in [6.07, 6.45) is 1.97. The summed E-state index contributed by atoms with van der Waals surface area (Å²) in [5, 5.41) is 4.08. The fourth-order valence-electron chi connectivity index (χ4n) is 1.03. The number of hydrogen-bond donors (Lipinski definition) is 1. The second-order valence-electron chi connectivity index (χ2n) is 2.62. The van der Waals surface area contributed by atoms with Crippen molar-refractivity contribution in [3.8, 4) is 0 Å². The molecule has 0 saturated heterocycles. The molecule has 1 heterocycles. The van der Waals surface area contributed by atoms with Crippen LogP contribution >= 0.6 is 0 Å². The summed E-state index contributed by atoms with van der Waals surface area (Å²) in [6.45, 7) is 1.87. The Bertz CT molecular complexity index is 300. The van der Waals surface area contributed by atoms with Crippen molar-refractivity contribution in [3.05, 3.63) is 18.0 Å². The maximum absolute atomic E-state index is 10.4. The van der Waals surface area contributed by atoms with Crippen molar-refractivity contribution >= 4 is 11.4 Å². The molecule has 2 unspecified atom stereocenters. The van der Waals surface area contributed by atoms with Crippen molar-refractivity contribution < 1.29 is 12.9 Å². The third-order valence-corrected chi connectivity index (χ3v) is 2.03. The number of aromatic nitrogens is 2. The van der Waals surface area contributed by atoms with Gasteiger partial charge in [0.25, 0.3) is 0 Å².